The summed E-state index contributed by atoms with van der Waals surface area (Å²) in [6.07, 6.45) is 0. The molecule has 0 saturated carbocycles. The Bertz CT molecular complexity index is 1140. The number of carbonyl (C=O) groups is 1. The van der Waals surface area contributed by atoms with E-state index >= 15 is 0 Å². The van der Waals surface area contributed by atoms with E-state index in [-0.39, 0.29) is 40.0 Å². The molecule has 8 nitrogen and oxygen atoms in total. The van der Waals surface area contributed by atoms with Crippen LogP contribution >= 0.6 is 34.5 Å². The number of para-hydroxylation sites is 1. The van der Waals surface area contributed by atoms with Gasteiger partial charge in [0, 0.05) is 18.1 Å². The molecule has 0 bridgehead atoms. The first-order chi connectivity index (χ1) is 16.6. The number of methoxy groups -OCH3 is 1. The number of hydrogen-bond donors (Lipinski definition) is 1. The Balaban J connectivity index is 0.000000247. The van der Waals surface area contributed by atoms with Crippen LogP contribution in [0.5, 0.6) is 11.5 Å². The summed E-state index contributed by atoms with van der Waals surface area (Å²) in [6, 6.07) is 11.6. The Labute approximate surface area is 218 Å². The molecule has 1 aromatic heterocycles. The predicted molar refractivity (Wildman–Crippen MR) is 142 cm³/mol. The van der Waals surface area contributed by atoms with Gasteiger partial charge in [0.2, 0.25) is 5.91 Å². The van der Waals surface area contributed by atoms with Crippen LogP contribution in [0.4, 0.5) is 17.1 Å². The molecule has 2 N–H and O–H groups in total. The van der Waals surface area contributed by atoms with E-state index in [2.05, 4.69) is 5.38 Å². The van der Waals surface area contributed by atoms with Gasteiger partial charge in [-0.15, -0.1) is 22.9 Å². The van der Waals surface area contributed by atoms with Gasteiger partial charge in [0.15, 0.2) is 0 Å². The van der Waals surface area contributed by atoms with Gasteiger partial charge in [0.1, 0.15) is 28.1 Å². The van der Waals surface area contributed by atoms with E-state index in [0.29, 0.717) is 12.4 Å². The molecule has 1 amide bonds. The van der Waals surface area contributed by atoms with Gasteiger partial charge in [-0.2, -0.15) is 0 Å². The molecule has 0 saturated heterocycles. The van der Waals surface area contributed by atoms with Gasteiger partial charge >= 0.3 is 0 Å². The van der Waals surface area contributed by atoms with E-state index in [9.17, 15) is 14.9 Å². The number of rotatable bonds is 8. The molecule has 11 heteroatoms. The van der Waals surface area contributed by atoms with Crippen molar-refractivity contribution in [3.8, 4) is 11.5 Å². The van der Waals surface area contributed by atoms with Gasteiger partial charge < -0.3 is 20.1 Å². The van der Waals surface area contributed by atoms with Crippen LogP contribution in [-0.2, 0) is 9.53 Å². The summed E-state index contributed by atoms with van der Waals surface area (Å²) >= 11 is 13.3. The molecule has 3 aromatic rings. The number of nitrogens with two attached hydrogens (primary N) is 1. The largest absolute Gasteiger partial charge is 0.456 e. The smallest absolute Gasteiger partial charge is 0.293 e. The van der Waals surface area contributed by atoms with E-state index in [1.54, 1.807) is 47.6 Å². The van der Waals surface area contributed by atoms with E-state index in [1.807, 2.05) is 26.8 Å². The Morgan fingerprint density at radius 3 is 2.40 bits per heavy atom. The molecule has 35 heavy (non-hydrogen) atoms. The summed E-state index contributed by atoms with van der Waals surface area (Å²) < 4.78 is 10.6. The first-order valence-electron chi connectivity index (χ1n) is 10.5. The van der Waals surface area contributed by atoms with Gasteiger partial charge in [-0.05, 0) is 49.9 Å². The number of halogens is 2. The van der Waals surface area contributed by atoms with E-state index in [1.165, 1.54) is 12.1 Å². The lowest BCUT2D eigenvalue weighted by Gasteiger charge is -2.29. The number of nitro groups is 1. The van der Waals surface area contributed by atoms with Crippen LogP contribution in [-0.4, -0.2) is 36.5 Å². The van der Waals surface area contributed by atoms with Crippen molar-refractivity contribution < 1.29 is 19.2 Å². The lowest BCUT2D eigenvalue weighted by Crippen LogP contribution is -2.42. The van der Waals surface area contributed by atoms with Crippen LogP contribution in [0, 0.1) is 24.0 Å². The topological polar surface area (TPSA) is 108 Å². The van der Waals surface area contributed by atoms with E-state index in [4.69, 9.17) is 38.4 Å². The van der Waals surface area contributed by atoms with Crippen molar-refractivity contribution in [3.63, 3.8) is 0 Å². The van der Waals surface area contributed by atoms with Crippen LogP contribution in [0.1, 0.15) is 17.4 Å². The molecule has 0 radical (unpaired) electrons. The summed E-state index contributed by atoms with van der Waals surface area (Å²) in [5, 5.41) is 12.8. The molecule has 0 fully saturated rings. The minimum Gasteiger partial charge on any atom is -0.456 e. The van der Waals surface area contributed by atoms with Gasteiger partial charge in [0.05, 0.1) is 23.3 Å². The molecular weight excluding hydrogens is 513 g/mol. The molecule has 2 aromatic carbocycles. The first-order valence-corrected chi connectivity index (χ1v) is 12.3. The van der Waals surface area contributed by atoms with Crippen molar-refractivity contribution >= 4 is 57.5 Å². The molecule has 3 rings (SSSR count). The molecule has 0 aliphatic heterocycles. The van der Waals surface area contributed by atoms with Crippen LogP contribution in [0.15, 0.2) is 47.8 Å². The number of aryl methyl sites for hydroxylation is 2. The Morgan fingerprint density at radius 2 is 1.89 bits per heavy atom. The maximum absolute atomic E-state index is 12.0. The highest BCUT2D eigenvalue weighted by atomic mass is 35.5. The number of nitro benzene ring substituents is 1. The molecule has 1 unspecified atom stereocenters. The third-order valence-corrected chi connectivity index (χ3v) is 6.52. The fourth-order valence-corrected chi connectivity index (χ4v) is 4.48. The number of carbonyl (C=O) groups excluding carboxylic acids is 1. The van der Waals surface area contributed by atoms with Crippen LogP contribution in [0.2, 0.25) is 5.02 Å². The first kappa shape index (κ1) is 28.4. The minimum atomic E-state index is -0.590. The predicted octanol–water partition coefficient (Wildman–Crippen LogP) is 6.59. The van der Waals surface area contributed by atoms with Crippen LogP contribution in [0.25, 0.3) is 0 Å². The number of nitrogens with zero attached hydrogens (tertiary/aromatic N) is 2. The zero-order valence-electron chi connectivity index (χ0n) is 19.8. The molecule has 1 heterocycles. The molecule has 0 spiro atoms. The second kappa shape index (κ2) is 13.3. The van der Waals surface area contributed by atoms with Crippen molar-refractivity contribution in [1.29, 1.82) is 0 Å². The number of ether oxygens (including phenoxy) is 2. The fourth-order valence-electron chi connectivity index (χ4n) is 3.31. The Kier molecular flexibility index (Phi) is 10.8. The van der Waals surface area contributed by atoms with Crippen molar-refractivity contribution in [2.24, 2.45) is 0 Å². The number of benzene rings is 2. The quantitative estimate of drug-likeness (QED) is 0.149. The minimum absolute atomic E-state index is 0.0111. The standard InChI is InChI=1S/C12H9ClN2O3.C12H18ClNO2S/c13-11-10(18-8-4-2-1-3-5-8)7-6-9(12(11)14)15(16)17;1-8-7-17-10(3)12(8)14(11(15)5-13)9(2)6-16-4/h1-7H,14H2;7,9H,5-6H2,1-4H3. The van der Waals surface area contributed by atoms with Crippen molar-refractivity contribution in [2.45, 2.75) is 26.8 Å². The molecule has 1 atom stereocenters. The summed E-state index contributed by atoms with van der Waals surface area (Å²) in [4.78, 5) is 24.9. The van der Waals surface area contributed by atoms with Crippen molar-refractivity contribution in [2.75, 3.05) is 30.2 Å². The average Bonchev–Trinajstić information content (AvgIpc) is 3.16. The maximum atomic E-state index is 12.0. The highest BCUT2D eigenvalue weighted by Gasteiger charge is 2.25. The highest BCUT2D eigenvalue weighted by Crippen LogP contribution is 2.38. The lowest BCUT2D eigenvalue weighted by molar-refractivity contribution is -0.383. The number of nitrogen functional groups attached to an aromatic ring is 1. The molecule has 188 valence electrons. The third-order valence-electron chi connectivity index (χ3n) is 4.88. The summed E-state index contributed by atoms with van der Waals surface area (Å²) in [5.41, 5.74) is 7.33. The zero-order valence-corrected chi connectivity index (χ0v) is 22.1. The normalized spacial score (nSPS) is 11.3. The van der Waals surface area contributed by atoms with Gasteiger partial charge in [-0.25, -0.2) is 0 Å². The monoisotopic (exact) mass is 539 g/mol. The second-order valence-electron chi connectivity index (χ2n) is 7.51. The number of hydrogen-bond acceptors (Lipinski definition) is 7. The number of amides is 1. The number of alkyl halides is 1. The van der Waals surface area contributed by atoms with Crippen molar-refractivity contribution in [1.82, 2.24) is 0 Å². The Hall–Kier alpha value is -2.85. The van der Waals surface area contributed by atoms with E-state index in [0.717, 1.165) is 16.1 Å². The highest BCUT2D eigenvalue weighted by molar-refractivity contribution is 7.10. The zero-order chi connectivity index (χ0) is 26.1. The third kappa shape index (κ3) is 7.32. The van der Waals surface area contributed by atoms with Gasteiger partial charge in [0.25, 0.3) is 5.69 Å². The van der Waals surface area contributed by atoms with E-state index < -0.39 is 4.92 Å². The summed E-state index contributed by atoms with van der Waals surface area (Å²) in [5.74, 6) is 0.766. The Morgan fingerprint density at radius 1 is 1.23 bits per heavy atom. The van der Waals surface area contributed by atoms with Gasteiger partial charge in [-0.1, -0.05) is 29.8 Å². The SMILES string of the molecule is COCC(C)N(C(=O)CCl)c1c(C)csc1C.Nc1c([N+](=O)[O-])ccc(Oc2ccccc2)c1Cl. The maximum Gasteiger partial charge on any atom is 0.293 e. The fraction of sp³-hybridized carbons (Fsp3) is 0.292. The number of anilines is 2. The second-order valence-corrected chi connectivity index (χ2v) is 9.24. The molecule has 0 aliphatic carbocycles. The van der Waals surface area contributed by atoms with Crippen LogP contribution < -0.4 is 15.4 Å². The lowest BCUT2D eigenvalue weighted by atomic mass is 10.2. The average molecular weight is 540 g/mol. The summed E-state index contributed by atoms with van der Waals surface area (Å²) in [7, 11) is 1.63. The van der Waals surface area contributed by atoms with Crippen LogP contribution in [0.3, 0.4) is 0 Å². The summed E-state index contributed by atoms with van der Waals surface area (Å²) in [6.45, 7) is 6.48. The molecular formula is C24H27Cl2N3O5S. The van der Waals surface area contributed by atoms with Gasteiger partial charge in [-0.3, -0.25) is 14.9 Å². The number of thiophene rings is 1. The molecule has 0 aliphatic rings. The van der Waals surface area contributed by atoms with Crippen molar-refractivity contribution in [3.05, 3.63) is 73.4 Å².